The molecule has 2 aliphatic rings. The Morgan fingerprint density at radius 2 is 1.81 bits per heavy atom. The summed E-state index contributed by atoms with van der Waals surface area (Å²) in [7, 11) is 0. The lowest BCUT2D eigenvalue weighted by Crippen LogP contribution is -2.23. The third-order valence-corrected chi connectivity index (χ3v) is 7.73. The molecule has 0 saturated heterocycles. The highest BCUT2D eigenvalue weighted by Gasteiger charge is 2.42. The monoisotopic (exact) mass is 484 g/mol. The van der Waals surface area contributed by atoms with Crippen molar-refractivity contribution in [2.45, 2.75) is 51.9 Å². The minimum atomic E-state index is 0.0116. The lowest BCUT2D eigenvalue weighted by atomic mass is 9.78. The van der Waals surface area contributed by atoms with Crippen molar-refractivity contribution in [3.8, 4) is 0 Å². The van der Waals surface area contributed by atoms with Crippen molar-refractivity contribution in [1.29, 1.82) is 0 Å². The van der Waals surface area contributed by atoms with Crippen molar-refractivity contribution in [3.05, 3.63) is 143 Å². The standard InChI is InChI=1S/C35H36N2/c1-6-7-12-25(2)23-26(3)27-16-18-28(19-17-27)37(34-15-10-11-22-36-34)29-20-21-31-30-13-8-9-14-32(30)35(4,5)33(31)24-29/h6-11,13-20,22-24,31H,2,12,21H2,1,3-5H3/b7-6-,26-23+. The first-order valence-corrected chi connectivity index (χ1v) is 13.2. The van der Waals surface area contributed by atoms with Gasteiger partial charge >= 0.3 is 0 Å². The van der Waals surface area contributed by atoms with E-state index in [4.69, 9.17) is 4.98 Å². The van der Waals surface area contributed by atoms with E-state index in [-0.39, 0.29) is 5.41 Å². The fourth-order valence-electron chi connectivity index (χ4n) is 5.77. The molecule has 1 heterocycles. The molecule has 1 aromatic heterocycles. The number of hydrogen-bond donors (Lipinski definition) is 0. The molecule has 1 atom stereocenters. The maximum atomic E-state index is 4.74. The first-order chi connectivity index (χ1) is 17.9. The van der Waals surface area contributed by atoms with Gasteiger partial charge in [0.1, 0.15) is 5.82 Å². The SMILES string of the molecule is C=C(/C=C(\C)c1ccc(N(C2=CCC3C(=C2)C(C)(C)c2ccccc23)c2ccccn2)cc1)C/C=C\C. The third kappa shape index (κ3) is 4.76. The molecular formula is C35H36N2. The Bertz CT molecular complexity index is 1420. The first-order valence-electron chi connectivity index (χ1n) is 13.2. The van der Waals surface area contributed by atoms with E-state index in [9.17, 15) is 0 Å². The molecule has 0 amide bonds. The van der Waals surface area contributed by atoms with E-state index < -0.39 is 0 Å². The predicted molar refractivity (Wildman–Crippen MR) is 158 cm³/mol. The molecule has 0 saturated carbocycles. The Hall–Kier alpha value is -3.91. The zero-order valence-electron chi connectivity index (χ0n) is 22.4. The van der Waals surface area contributed by atoms with Gasteiger partial charge in [-0.1, -0.05) is 98.3 Å². The van der Waals surface area contributed by atoms with Crippen molar-refractivity contribution in [2.24, 2.45) is 0 Å². The molecule has 0 bridgehead atoms. The molecule has 0 N–H and O–H groups in total. The number of benzene rings is 2. The van der Waals surface area contributed by atoms with Crippen LogP contribution < -0.4 is 4.90 Å². The van der Waals surface area contributed by atoms with Gasteiger partial charge in [0.05, 0.1) is 0 Å². The van der Waals surface area contributed by atoms with Crippen LogP contribution in [0.3, 0.4) is 0 Å². The summed E-state index contributed by atoms with van der Waals surface area (Å²) >= 11 is 0. The molecule has 0 radical (unpaired) electrons. The zero-order chi connectivity index (χ0) is 26.0. The number of aromatic nitrogens is 1. The van der Waals surface area contributed by atoms with Crippen molar-refractivity contribution in [3.63, 3.8) is 0 Å². The summed E-state index contributed by atoms with van der Waals surface area (Å²) in [4.78, 5) is 7.03. The van der Waals surface area contributed by atoms with E-state index in [0.29, 0.717) is 5.92 Å². The third-order valence-electron chi connectivity index (χ3n) is 7.73. The van der Waals surface area contributed by atoms with Crippen LogP contribution in [0.1, 0.15) is 63.1 Å². The highest BCUT2D eigenvalue weighted by molar-refractivity contribution is 5.73. The Morgan fingerprint density at radius 1 is 1.05 bits per heavy atom. The van der Waals surface area contributed by atoms with Crippen LogP contribution in [0.25, 0.3) is 5.57 Å². The lowest BCUT2D eigenvalue weighted by Gasteiger charge is -2.32. The van der Waals surface area contributed by atoms with Gasteiger partial charge in [-0.25, -0.2) is 4.98 Å². The van der Waals surface area contributed by atoms with Gasteiger partial charge in [-0.2, -0.15) is 0 Å². The first kappa shape index (κ1) is 24.8. The molecule has 0 spiro atoms. The number of allylic oxidation sites excluding steroid dienone is 8. The lowest BCUT2D eigenvalue weighted by molar-refractivity contribution is 0.609. The maximum Gasteiger partial charge on any atom is 0.137 e. The van der Waals surface area contributed by atoms with Crippen molar-refractivity contribution < 1.29 is 0 Å². The average molecular weight is 485 g/mol. The van der Waals surface area contributed by atoms with E-state index in [0.717, 1.165) is 29.9 Å². The van der Waals surface area contributed by atoms with Gasteiger partial charge in [0.2, 0.25) is 0 Å². The van der Waals surface area contributed by atoms with Crippen LogP contribution in [-0.4, -0.2) is 4.98 Å². The molecule has 2 heteroatoms. The normalized spacial score (nSPS) is 18.2. The number of pyridine rings is 1. The summed E-state index contributed by atoms with van der Waals surface area (Å²) in [5, 5.41) is 0. The van der Waals surface area contributed by atoms with Gasteiger partial charge in [0.15, 0.2) is 0 Å². The summed E-state index contributed by atoms with van der Waals surface area (Å²) in [6, 6.07) is 23.9. The number of hydrogen-bond acceptors (Lipinski definition) is 2. The molecule has 1 unspecified atom stereocenters. The molecule has 3 aromatic rings. The number of fused-ring (bicyclic) bond motifs is 3. The van der Waals surface area contributed by atoms with Crippen LogP contribution in [0.15, 0.2) is 127 Å². The van der Waals surface area contributed by atoms with Gasteiger partial charge in [0, 0.05) is 28.9 Å². The quantitative estimate of drug-likeness (QED) is 0.245. The van der Waals surface area contributed by atoms with E-state index in [1.165, 1.54) is 33.5 Å². The molecule has 2 aromatic carbocycles. The maximum absolute atomic E-state index is 4.74. The molecule has 2 nitrogen and oxygen atoms in total. The fourth-order valence-corrected chi connectivity index (χ4v) is 5.77. The number of anilines is 2. The predicted octanol–water partition coefficient (Wildman–Crippen LogP) is 9.43. The highest BCUT2D eigenvalue weighted by atomic mass is 15.2. The number of nitrogens with zero attached hydrogens (tertiary/aromatic N) is 2. The second kappa shape index (κ2) is 10.2. The van der Waals surface area contributed by atoms with Crippen LogP contribution in [0.2, 0.25) is 0 Å². The Morgan fingerprint density at radius 3 is 2.54 bits per heavy atom. The smallest absolute Gasteiger partial charge is 0.137 e. The summed E-state index contributed by atoms with van der Waals surface area (Å²) < 4.78 is 0. The van der Waals surface area contributed by atoms with Crippen molar-refractivity contribution in [1.82, 2.24) is 4.98 Å². The Balaban J connectivity index is 1.50. The Labute approximate surface area is 222 Å². The average Bonchev–Trinajstić information content (AvgIpc) is 3.15. The topological polar surface area (TPSA) is 16.1 Å². The van der Waals surface area contributed by atoms with E-state index in [1.54, 1.807) is 0 Å². The van der Waals surface area contributed by atoms with Crippen LogP contribution >= 0.6 is 0 Å². The van der Waals surface area contributed by atoms with Gasteiger partial charge in [-0.15, -0.1) is 0 Å². The summed E-state index contributed by atoms with van der Waals surface area (Å²) in [5.74, 6) is 1.38. The molecule has 0 aliphatic heterocycles. The largest absolute Gasteiger partial charge is 0.295 e. The molecule has 37 heavy (non-hydrogen) atoms. The van der Waals surface area contributed by atoms with E-state index >= 15 is 0 Å². The van der Waals surface area contributed by atoms with Gasteiger partial charge < -0.3 is 0 Å². The molecule has 186 valence electrons. The molecule has 2 aliphatic carbocycles. The second-order valence-corrected chi connectivity index (χ2v) is 10.6. The van der Waals surface area contributed by atoms with Crippen LogP contribution in [0.4, 0.5) is 11.5 Å². The summed E-state index contributed by atoms with van der Waals surface area (Å²) in [5.41, 5.74) is 10.3. The van der Waals surface area contributed by atoms with Crippen molar-refractivity contribution >= 4 is 17.1 Å². The Kier molecular flexibility index (Phi) is 6.84. The summed E-state index contributed by atoms with van der Waals surface area (Å²) in [6.45, 7) is 13.1. The van der Waals surface area contributed by atoms with Crippen LogP contribution in [0.5, 0.6) is 0 Å². The van der Waals surface area contributed by atoms with Crippen LogP contribution in [-0.2, 0) is 5.41 Å². The van der Waals surface area contributed by atoms with E-state index in [1.807, 2.05) is 19.2 Å². The van der Waals surface area contributed by atoms with E-state index in [2.05, 4.69) is 123 Å². The van der Waals surface area contributed by atoms with Gasteiger partial charge in [-0.3, -0.25) is 4.90 Å². The van der Waals surface area contributed by atoms with Crippen LogP contribution in [0, 0.1) is 0 Å². The summed E-state index contributed by atoms with van der Waals surface area (Å²) in [6.07, 6.45) is 14.9. The fraction of sp³-hybridized carbons (Fsp3) is 0.229. The second-order valence-electron chi connectivity index (χ2n) is 10.6. The highest BCUT2D eigenvalue weighted by Crippen LogP contribution is 2.54. The zero-order valence-corrected chi connectivity index (χ0v) is 22.4. The molecule has 0 fully saturated rings. The number of rotatable bonds is 7. The van der Waals surface area contributed by atoms with Gasteiger partial charge in [-0.05, 0) is 79.3 Å². The minimum Gasteiger partial charge on any atom is -0.295 e. The molecule has 5 rings (SSSR count). The molecular weight excluding hydrogens is 448 g/mol. The minimum absolute atomic E-state index is 0.0116. The van der Waals surface area contributed by atoms with Crippen molar-refractivity contribution in [2.75, 3.05) is 4.90 Å². The van der Waals surface area contributed by atoms with Gasteiger partial charge in [0.25, 0.3) is 0 Å².